The first-order chi connectivity index (χ1) is 13.1. The lowest BCUT2D eigenvalue weighted by Crippen LogP contribution is -2.38. The zero-order valence-corrected chi connectivity index (χ0v) is 15.2. The lowest BCUT2D eigenvalue weighted by Gasteiger charge is -2.36. The normalized spacial score (nSPS) is 20.2. The van der Waals surface area contributed by atoms with Crippen LogP contribution in [0.1, 0.15) is 54.1 Å². The van der Waals surface area contributed by atoms with Gasteiger partial charge in [-0.25, -0.2) is 4.39 Å². The molecular weight excluding hydrogens is 343 g/mol. The standard InChI is InChI=1S/C22H23FN2O2/c23-18-8-3-6-16(14-18)20-10-1-2-12-25(20)22(27)17-7-4-9-19(15-17)24-13-5-11-21(24)26/h3-4,6-9,14-15,20H,1-2,5,10-13H2/t20-/m1/s1. The third kappa shape index (κ3) is 3.59. The summed E-state index contributed by atoms with van der Waals surface area (Å²) in [5.74, 6) is -0.229. The number of hydrogen-bond donors (Lipinski definition) is 0. The van der Waals surface area contributed by atoms with E-state index in [1.54, 1.807) is 17.0 Å². The summed E-state index contributed by atoms with van der Waals surface area (Å²) in [4.78, 5) is 28.9. The quantitative estimate of drug-likeness (QED) is 0.812. The summed E-state index contributed by atoms with van der Waals surface area (Å²) in [7, 11) is 0. The van der Waals surface area contributed by atoms with E-state index < -0.39 is 0 Å². The molecule has 4 rings (SSSR count). The summed E-state index contributed by atoms with van der Waals surface area (Å²) in [6.45, 7) is 1.36. The van der Waals surface area contributed by atoms with Gasteiger partial charge in [-0.3, -0.25) is 9.59 Å². The first-order valence-corrected chi connectivity index (χ1v) is 9.60. The Kier molecular flexibility index (Phi) is 4.92. The molecule has 1 atom stereocenters. The Morgan fingerprint density at radius 2 is 1.85 bits per heavy atom. The number of piperidine rings is 1. The van der Waals surface area contributed by atoms with Crippen LogP contribution >= 0.6 is 0 Å². The van der Waals surface area contributed by atoms with E-state index in [1.165, 1.54) is 12.1 Å². The Morgan fingerprint density at radius 3 is 2.63 bits per heavy atom. The molecule has 0 aliphatic carbocycles. The fourth-order valence-corrected chi connectivity index (χ4v) is 4.13. The van der Waals surface area contributed by atoms with Crippen molar-refractivity contribution in [2.45, 2.75) is 38.1 Å². The molecule has 140 valence electrons. The molecule has 27 heavy (non-hydrogen) atoms. The smallest absolute Gasteiger partial charge is 0.254 e. The van der Waals surface area contributed by atoms with Crippen molar-refractivity contribution in [1.82, 2.24) is 4.90 Å². The molecule has 4 nitrogen and oxygen atoms in total. The fraction of sp³-hybridized carbons (Fsp3) is 0.364. The van der Waals surface area contributed by atoms with Gasteiger partial charge in [-0.2, -0.15) is 0 Å². The molecule has 2 aromatic rings. The fourth-order valence-electron chi connectivity index (χ4n) is 4.13. The van der Waals surface area contributed by atoms with E-state index in [2.05, 4.69) is 0 Å². The molecule has 0 N–H and O–H groups in total. The van der Waals surface area contributed by atoms with Gasteiger partial charge in [0.15, 0.2) is 0 Å². The second kappa shape index (κ2) is 7.51. The molecule has 2 heterocycles. The lowest BCUT2D eigenvalue weighted by molar-refractivity contribution is -0.117. The van der Waals surface area contributed by atoms with Crippen molar-refractivity contribution in [1.29, 1.82) is 0 Å². The van der Waals surface area contributed by atoms with Gasteiger partial charge in [0.25, 0.3) is 5.91 Å². The van der Waals surface area contributed by atoms with Gasteiger partial charge in [-0.05, 0) is 61.6 Å². The Hall–Kier alpha value is -2.69. The van der Waals surface area contributed by atoms with E-state index in [0.717, 1.165) is 36.9 Å². The Morgan fingerprint density at radius 1 is 1.00 bits per heavy atom. The van der Waals surface area contributed by atoms with Crippen molar-refractivity contribution < 1.29 is 14.0 Å². The zero-order valence-electron chi connectivity index (χ0n) is 15.2. The molecule has 2 aliphatic rings. The van der Waals surface area contributed by atoms with Crippen molar-refractivity contribution in [2.24, 2.45) is 0 Å². The number of amides is 2. The van der Waals surface area contributed by atoms with Gasteiger partial charge in [-0.1, -0.05) is 18.2 Å². The average molecular weight is 366 g/mol. The third-order valence-corrected chi connectivity index (χ3v) is 5.48. The minimum atomic E-state index is -0.278. The molecule has 2 saturated heterocycles. The van der Waals surface area contributed by atoms with E-state index >= 15 is 0 Å². The number of anilines is 1. The Labute approximate surface area is 158 Å². The number of rotatable bonds is 3. The molecule has 0 unspecified atom stereocenters. The summed E-state index contributed by atoms with van der Waals surface area (Å²) in [5.41, 5.74) is 2.20. The first-order valence-electron chi connectivity index (χ1n) is 9.60. The summed E-state index contributed by atoms with van der Waals surface area (Å²) >= 11 is 0. The van der Waals surface area contributed by atoms with Crippen LogP contribution < -0.4 is 4.90 Å². The maximum atomic E-state index is 13.7. The predicted molar refractivity (Wildman–Crippen MR) is 102 cm³/mol. The Bertz CT molecular complexity index is 867. The number of halogens is 1. The van der Waals surface area contributed by atoms with Gasteiger partial charge >= 0.3 is 0 Å². The number of nitrogens with zero attached hydrogens (tertiary/aromatic N) is 2. The minimum Gasteiger partial charge on any atom is -0.332 e. The number of likely N-dealkylation sites (tertiary alicyclic amines) is 1. The molecule has 2 amide bonds. The van der Waals surface area contributed by atoms with Crippen molar-refractivity contribution in [3.8, 4) is 0 Å². The topological polar surface area (TPSA) is 40.6 Å². The summed E-state index contributed by atoms with van der Waals surface area (Å²) in [6.07, 6.45) is 4.21. The van der Waals surface area contributed by atoms with E-state index in [1.807, 2.05) is 29.2 Å². The van der Waals surface area contributed by atoms with Gasteiger partial charge in [0.2, 0.25) is 5.91 Å². The van der Waals surface area contributed by atoms with E-state index in [9.17, 15) is 14.0 Å². The monoisotopic (exact) mass is 366 g/mol. The number of hydrogen-bond acceptors (Lipinski definition) is 2. The lowest BCUT2D eigenvalue weighted by atomic mass is 9.94. The molecule has 0 saturated carbocycles. The molecule has 2 aromatic carbocycles. The van der Waals surface area contributed by atoms with Crippen LogP contribution in [0.15, 0.2) is 48.5 Å². The second-order valence-electron chi connectivity index (χ2n) is 7.26. The Balaban J connectivity index is 1.61. The van der Waals surface area contributed by atoms with E-state index in [0.29, 0.717) is 25.1 Å². The van der Waals surface area contributed by atoms with Crippen molar-refractivity contribution >= 4 is 17.5 Å². The summed E-state index contributed by atoms with van der Waals surface area (Å²) in [6, 6.07) is 13.7. The maximum absolute atomic E-state index is 13.7. The van der Waals surface area contributed by atoms with Gasteiger partial charge in [0, 0.05) is 30.8 Å². The zero-order chi connectivity index (χ0) is 18.8. The predicted octanol–water partition coefficient (Wildman–Crippen LogP) is 4.32. The van der Waals surface area contributed by atoms with Gasteiger partial charge in [0.05, 0.1) is 6.04 Å². The van der Waals surface area contributed by atoms with Gasteiger partial charge in [0.1, 0.15) is 5.82 Å². The molecule has 0 spiro atoms. The highest BCUT2D eigenvalue weighted by Crippen LogP contribution is 2.33. The van der Waals surface area contributed by atoms with E-state index in [4.69, 9.17) is 0 Å². The molecule has 2 fully saturated rings. The van der Waals surface area contributed by atoms with Crippen LogP contribution in [0.2, 0.25) is 0 Å². The van der Waals surface area contributed by atoms with Crippen LogP contribution in [-0.4, -0.2) is 29.8 Å². The summed E-state index contributed by atoms with van der Waals surface area (Å²) in [5, 5.41) is 0. The van der Waals surface area contributed by atoms with Gasteiger partial charge in [-0.15, -0.1) is 0 Å². The number of benzene rings is 2. The average Bonchev–Trinajstić information content (AvgIpc) is 3.13. The highest BCUT2D eigenvalue weighted by Gasteiger charge is 2.29. The number of carbonyl (C=O) groups excluding carboxylic acids is 2. The van der Waals surface area contributed by atoms with Crippen LogP contribution in [0.4, 0.5) is 10.1 Å². The van der Waals surface area contributed by atoms with Crippen LogP contribution in [0, 0.1) is 5.82 Å². The van der Waals surface area contributed by atoms with Crippen molar-refractivity contribution in [3.05, 3.63) is 65.5 Å². The molecule has 0 aromatic heterocycles. The molecule has 5 heteroatoms. The first kappa shape index (κ1) is 17.7. The maximum Gasteiger partial charge on any atom is 0.254 e. The third-order valence-electron chi connectivity index (χ3n) is 5.48. The SMILES string of the molecule is O=C1CCCN1c1cccc(C(=O)N2CCCC[C@@H]2c2cccc(F)c2)c1. The van der Waals surface area contributed by atoms with Crippen LogP contribution in [0.25, 0.3) is 0 Å². The highest BCUT2D eigenvalue weighted by molar-refractivity contribution is 5.99. The van der Waals surface area contributed by atoms with Crippen molar-refractivity contribution in [3.63, 3.8) is 0 Å². The summed E-state index contributed by atoms with van der Waals surface area (Å²) < 4.78 is 13.7. The number of carbonyl (C=O) groups is 2. The molecule has 0 radical (unpaired) electrons. The van der Waals surface area contributed by atoms with Crippen molar-refractivity contribution in [2.75, 3.05) is 18.0 Å². The van der Waals surface area contributed by atoms with E-state index in [-0.39, 0.29) is 23.7 Å². The largest absolute Gasteiger partial charge is 0.332 e. The molecular formula is C22H23FN2O2. The van der Waals surface area contributed by atoms with Gasteiger partial charge < -0.3 is 9.80 Å². The second-order valence-corrected chi connectivity index (χ2v) is 7.26. The molecule has 0 bridgehead atoms. The van der Waals surface area contributed by atoms with Crippen LogP contribution in [0.3, 0.4) is 0 Å². The minimum absolute atomic E-state index is 0.0579. The van der Waals surface area contributed by atoms with Crippen LogP contribution in [0.5, 0.6) is 0 Å². The molecule has 2 aliphatic heterocycles. The highest BCUT2D eigenvalue weighted by atomic mass is 19.1. The van der Waals surface area contributed by atoms with Crippen LogP contribution in [-0.2, 0) is 4.79 Å².